The largest absolute Gasteiger partial charge is 0.485 e. The lowest BCUT2D eigenvalue weighted by molar-refractivity contribution is -0.120. The third-order valence-corrected chi connectivity index (χ3v) is 13.1. The molecule has 4 aromatic heterocycles. The number of benzene rings is 2. The predicted molar refractivity (Wildman–Crippen MR) is 220 cm³/mol. The van der Waals surface area contributed by atoms with Crippen LogP contribution in [0.3, 0.4) is 0 Å². The summed E-state index contributed by atoms with van der Waals surface area (Å²) >= 11 is 0. The number of halogens is 2. The first-order chi connectivity index (χ1) is 30.1. The fourth-order valence-corrected chi connectivity index (χ4v) is 9.83. The number of nitrogens with one attached hydrogen (secondary N) is 3. The quantitative estimate of drug-likeness (QED) is 0.159. The van der Waals surface area contributed by atoms with Gasteiger partial charge in [0.25, 0.3) is 0 Å². The van der Waals surface area contributed by atoms with E-state index in [0.29, 0.717) is 72.4 Å². The van der Waals surface area contributed by atoms with Crippen molar-refractivity contribution in [3.8, 4) is 17.0 Å². The summed E-state index contributed by atoms with van der Waals surface area (Å²) in [4.78, 5) is 36.0. The number of aryl methyl sites for hydroxylation is 1. The number of H-pyrrole nitrogens is 1. The normalized spacial score (nSPS) is 19.4. The number of ether oxygens (including phenoxy) is 1. The van der Waals surface area contributed by atoms with Gasteiger partial charge >= 0.3 is 6.03 Å². The number of urea groups is 1. The molecule has 3 saturated heterocycles. The molecule has 0 spiro atoms. The van der Waals surface area contributed by atoms with Gasteiger partial charge in [-0.05, 0) is 94.3 Å². The van der Waals surface area contributed by atoms with E-state index in [4.69, 9.17) is 4.74 Å². The summed E-state index contributed by atoms with van der Waals surface area (Å²) in [5.74, 6) is -1.97. The summed E-state index contributed by atoms with van der Waals surface area (Å²) in [5, 5.41) is 21.1. The maximum absolute atomic E-state index is 16.2. The summed E-state index contributed by atoms with van der Waals surface area (Å²) in [5.41, 5.74) is 2.11. The number of fused-ring (bicyclic) bond motifs is 2. The average molecular weight is 860 g/mol. The second kappa shape index (κ2) is 16.1. The molecule has 7 heterocycles. The van der Waals surface area contributed by atoms with Crippen molar-refractivity contribution >= 4 is 56.0 Å². The molecule has 1 atom stereocenters. The first kappa shape index (κ1) is 37.9. The Morgan fingerprint density at radius 1 is 1.07 bits per heavy atom. The number of nitrogens with zero attached hydrogens (tertiary/aromatic N) is 10. The second-order valence-electron chi connectivity index (χ2n) is 15.7. The number of carbonyl (C=O) groups excluding carboxylic acids is 2. The molecule has 1 unspecified atom stereocenters. The van der Waals surface area contributed by atoms with Crippen LogP contribution in [0.1, 0.15) is 60.2 Å². The molecule has 0 saturated carbocycles. The lowest BCUT2D eigenvalue weighted by atomic mass is 9.87. The van der Waals surface area contributed by atoms with E-state index in [-0.39, 0.29) is 71.8 Å². The molecule has 3 aliphatic rings. The zero-order valence-corrected chi connectivity index (χ0v) is 34.4. The Morgan fingerprint density at radius 3 is 2.62 bits per heavy atom. The van der Waals surface area contributed by atoms with Gasteiger partial charge in [0.2, 0.25) is 27.5 Å². The van der Waals surface area contributed by atoms with Gasteiger partial charge in [-0.15, -0.1) is 5.10 Å². The number of rotatable bonds is 11. The van der Waals surface area contributed by atoms with E-state index in [2.05, 4.69) is 41.0 Å². The average Bonchev–Trinajstić information content (AvgIpc) is 4.02. The number of imide groups is 1. The molecule has 3 amide bonds. The Bertz CT molecular complexity index is 2850. The van der Waals surface area contributed by atoms with Crippen LogP contribution < -0.4 is 20.3 Å². The number of hydrogen-bond donors (Lipinski definition) is 3. The van der Waals surface area contributed by atoms with Gasteiger partial charge in [0.1, 0.15) is 23.4 Å². The molecule has 0 bridgehead atoms. The van der Waals surface area contributed by atoms with Gasteiger partial charge in [-0.25, -0.2) is 27.0 Å². The van der Waals surface area contributed by atoms with Crippen molar-refractivity contribution in [3.63, 3.8) is 0 Å². The molecule has 3 fully saturated rings. The van der Waals surface area contributed by atoms with E-state index in [1.54, 1.807) is 36.5 Å². The molecule has 320 valence electrons. The Labute approximate surface area is 352 Å². The predicted octanol–water partition coefficient (Wildman–Crippen LogP) is 4.94. The summed E-state index contributed by atoms with van der Waals surface area (Å²) in [6, 6.07) is 6.32. The molecule has 21 heteroatoms. The Kier molecular flexibility index (Phi) is 10.00. The molecule has 2 aromatic carbocycles. The highest BCUT2D eigenvalue weighted by atomic mass is 32.2. The van der Waals surface area contributed by atoms with Gasteiger partial charge < -0.3 is 15.0 Å². The molecule has 18 nitrogen and oxygen atoms in total. The molecule has 3 N–H and O–H groups in total. The molecule has 61 heavy (non-hydrogen) atoms. The van der Waals surface area contributed by atoms with Gasteiger partial charge in [0.05, 0.1) is 22.9 Å². The van der Waals surface area contributed by atoms with Crippen molar-refractivity contribution in [1.29, 1.82) is 0 Å². The van der Waals surface area contributed by atoms with E-state index in [1.807, 2.05) is 13.8 Å². The van der Waals surface area contributed by atoms with Crippen LogP contribution in [0.4, 0.5) is 31.0 Å². The van der Waals surface area contributed by atoms with E-state index in [0.717, 1.165) is 6.07 Å². The van der Waals surface area contributed by atoms with Gasteiger partial charge in [0, 0.05) is 59.5 Å². The summed E-state index contributed by atoms with van der Waals surface area (Å²) in [6.07, 6.45) is 6.35. The SMILES string of the molecule is [2H]C([2H])(C1CCCN(S(=O)(=O)c2ccc(Nc3nc4c(OC(C)C)c(-c5cn[nH]c5)ncn4n3)c(F)c2)C1)N1CCC(c2ccc3c(N4CCC(=O)NC4=O)nn(C)c3c2F)CC1. The number of likely N-dealkylation sites (tertiary alicyclic amines) is 1. The van der Waals surface area contributed by atoms with Crippen molar-refractivity contribution in [2.75, 3.05) is 49.4 Å². The maximum atomic E-state index is 16.2. The zero-order chi connectivity index (χ0) is 44.4. The van der Waals surface area contributed by atoms with Crippen LogP contribution in [0.5, 0.6) is 5.75 Å². The van der Waals surface area contributed by atoms with E-state index >= 15 is 8.78 Å². The molecular weight excluding hydrogens is 813 g/mol. The smallest absolute Gasteiger partial charge is 0.329 e. The summed E-state index contributed by atoms with van der Waals surface area (Å²) in [6.45, 7) is 2.62. The number of sulfonamides is 1. The molecule has 9 rings (SSSR count). The number of aromatic amines is 1. The minimum absolute atomic E-state index is 0.0213. The first-order valence-corrected chi connectivity index (χ1v) is 21.5. The van der Waals surface area contributed by atoms with Gasteiger partial charge in [-0.2, -0.15) is 24.0 Å². The zero-order valence-electron chi connectivity index (χ0n) is 35.6. The van der Waals surface area contributed by atoms with Crippen LogP contribution >= 0.6 is 0 Å². The van der Waals surface area contributed by atoms with Gasteiger partial charge in [-0.3, -0.25) is 24.8 Å². The Morgan fingerprint density at radius 2 is 1.89 bits per heavy atom. The number of amides is 3. The minimum Gasteiger partial charge on any atom is -0.485 e. The highest BCUT2D eigenvalue weighted by molar-refractivity contribution is 7.89. The third kappa shape index (κ3) is 7.76. The maximum Gasteiger partial charge on any atom is 0.329 e. The minimum atomic E-state index is -4.22. The highest BCUT2D eigenvalue weighted by Crippen LogP contribution is 2.37. The third-order valence-electron chi connectivity index (χ3n) is 11.2. The molecular formula is C40H45F2N13O5S. The monoisotopic (exact) mass is 859 g/mol. The van der Waals surface area contributed by atoms with Crippen molar-refractivity contribution in [1.82, 2.24) is 54.1 Å². The van der Waals surface area contributed by atoms with Crippen LogP contribution in [-0.2, 0) is 21.9 Å². The number of carbonyl (C=O) groups is 2. The number of aromatic nitrogens is 8. The highest BCUT2D eigenvalue weighted by Gasteiger charge is 2.34. The van der Waals surface area contributed by atoms with Gasteiger partial charge in [-0.1, -0.05) is 6.07 Å². The lowest BCUT2D eigenvalue weighted by Gasteiger charge is -2.38. The van der Waals surface area contributed by atoms with E-state index < -0.39 is 40.1 Å². The van der Waals surface area contributed by atoms with Crippen LogP contribution in [0.25, 0.3) is 27.8 Å². The number of anilines is 3. The van der Waals surface area contributed by atoms with Crippen molar-refractivity contribution < 1.29 is 34.3 Å². The van der Waals surface area contributed by atoms with Crippen molar-refractivity contribution in [2.24, 2.45) is 13.0 Å². The number of piperidine rings is 2. The van der Waals surface area contributed by atoms with Crippen LogP contribution in [0.2, 0.25) is 0 Å². The fraction of sp³-hybridized carbons (Fsp3) is 0.425. The fourth-order valence-electron chi connectivity index (χ4n) is 8.29. The summed E-state index contributed by atoms with van der Waals surface area (Å²) in [7, 11) is -2.63. The topological polar surface area (TPSA) is 201 Å². The Hall–Kier alpha value is -6.06. The molecule has 0 aliphatic carbocycles. The molecule has 0 radical (unpaired) electrons. The molecule has 6 aromatic rings. The van der Waals surface area contributed by atoms with Crippen molar-refractivity contribution in [3.05, 3.63) is 66.3 Å². The number of hydrogen-bond acceptors (Lipinski definition) is 12. The first-order valence-electron chi connectivity index (χ1n) is 21.1. The van der Waals surface area contributed by atoms with E-state index in [1.165, 1.54) is 36.9 Å². The van der Waals surface area contributed by atoms with E-state index in [9.17, 15) is 20.7 Å². The second-order valence-corrected chi connectivity index (χ2v) is 17.6. The Balaban J connectivity index is 0.861. The van der Waals surface area contributed by atoms with Crippen LogP contribution in [0.15, 0.2) is 53.9 Å². The summed E-state index contributed by atoms with van der Waals surface area (Å²) < 4.78 is 88.4. The standard InChI is InChI=1S/C40H45F2N13O5S/c1-23(2)60-36-34(26-18-44-45-19-26)43-22-55-38(36)48-39(50-55)46-31-9-6-27(17-30(31)41)61(58,59)53-13-4-5-24(21-53)20-52-14-10-25(11-15-52)28-7-8-29-35(33(28)42)51(3)49-37(29)54-16-12-32(56)47-40(54)57/h6-9,17-19,22-25H,4-5,10-16,20-21H2,1-3H3,(H,44,45)(H,46,50)(H,47,56,57)/i20D2. The van der Waals surface area contributed by atoms with Crippen molar-refractivity contribution in [2.45, 2.75) is 62.9 Å². The van der Waals surface area contributed by atoms with Gasteiger partial charge in [0.15, 0.2) is 17.4 Å². The van der Waals surface area contributed by atoms with Crippen LogP contribution in [0, 0.1) is 17.6 Å². The molecule has 3 aliphatic heterocycles. The lowest BCUT2D eigenvalue weighted by Crippen LogP contribution is -2.49. The van der Waals surface area contributed by atoms with Crippen LogP contribution in [-0.4, -0.2) is 114 Å².